The van der Waals surface area contributed by atoms with E-state index in [1.165, 1.54) is 0 Å². The molecule has 0 saturated heterocycles. The lowest BCUT2D eigenvalue weighted by atomic mass is 10.0. The van der Waals surface area contributed by atoms with Crippen molar-refractivity contribution in [3.63, 3.8) is 0 Å². The number of fused-ring (bicyclic) bond motifs is 1. The van der Waals surface area contributed by atoms with E-state index in [4.69, 9.17) is 0 Å². The lowest BCUT2D eigenvalue weighted by molar-refractivity contribution is -0.122. The van der Waals surface area contributed by atoms with Gasteiger partial charge in [-0.2, -0.15) is 0 Å². The molecule has 40 heavy (non-hydrogen) atoms. The van der Waals surface area contributed by atoms with Gasteiger partial charge in [0.1, 0.15) is 6.04 Å². The number of benzene rings is 4. The summed E-state index contributed by atoms with van der Waals surface area (Å²) < 4.78 is 0.706. The van der Waals surface area contributed by atoms with E-state index in [2.05, 4.69) is 36.8 Å². The van der Waals surface area contributed by atoms with Crippen LogP contribution in [0.5, 0.6) is 0 Å². The Hall–Kier alpha value is -4.01. The van der Waals surface area contributed by atoms with Crippen LogP contribution in [-0.4, -0.2) is 55.8 Å². The lowest BCUT2D eigenvalue weighted by Gasteiger charge is -2.20. The molecular formula is C32H33BrN4O3. The predicted octanol–water partition coefficient (Wildman–Crippen LogP) is 5.26. The second-order valence-electron chi connectivity index (χ2n) is 9.87. The molecule has 0 aliphatic heterocycles. The van der Waals surface area contributed by atoms with Crippen LogP contribution in [0.1, 0.15) is 32.7 Å². The van der Waals surface area contributed by atoms with E-state index in [0.717, 1.165) is 29.3 Å². The van der Waals surface area contributed by atoms with E-state index < -0.39 is 11.9 Å². The first kappa shape index (κ1) is 29.0. The van der Waals surface area contributed by atoms with Crippen molar-refractivity contribution in [3.05, 3.63) is 112 Å². The smallest absolute Gasteiger partial charge is 0.255 e. The van der Waals surface area contributed by atoms with E-state index in [0.29, 0.717) is 28.7 Å². The van der Waals surface area contributed by atoms with Gasteiger partial charge in [-0.1, -0.05) is 76.6 Å². The Bertz CT molecular complexity index is 1490. The average molecular weight is 602 g/mol. The van der Waals surface area contributed by atoms with Crippen LogP contribution in [0.4, 0.5) is 5.69 Å². The zero-order valence-electron chi connectivity index (χ0n) is 22.6. The van der Waals surface area contributed by atoms with Gasteiger partial charge in [-0.05, 0) is 73.7 Å². The summed E-state index contributed by atoms with van der Waals surface area (Å²) in [6.45, 7) is 1.35. The monoisotopic (exact) mass is 600 g/mol. The number of amides is 3. The summed E-state index contributed by atoms with van der Waals surface area (Å²) in [5, 5.41) is 10.7. The number of rotatable bonds is 11. The number of carbonyl (C=O) groups is 3. The zero-order valence-corrected chi connectivity index (χ0v) is 24.2. The minimum absolute atomic E-state index is 0.255. The molecule has 0 saturated carbocycles. The topological polar surface area (TPSA) is 90.5 Å². The molecular weight excluding hydrogens is 568 g/mol. The number of halogens is 1. The van der Waals surface area contributed by atoms with Crippen LogP contribution >= 0.6 is 15.9 Å². The van der Waals surface area contributed by atoms with E-state index >= 15 is 0 Å². The third-order valence-electron chi connectivity index (χ3n) is 6.47. The van der Waals surface area contributed by atoms with Crippen LogP contribution in [0.25, 0.3) is 10.8 Å². The summed E-state index contributed by atoms with van der Waals surface area (Å²) in [6.07, 6.45) is 1.13. The van der Waals surface area contributed by atoms with Crippen molar-refractivity contribution >= 4 is 50.1 Å². The van der Waals surface area contributed by atoms with Gasteiger partial charge in [-0.25, -0.2) is 0 Å². The molecule has 3 N–H and O–H groups in total. The number of hydrogen-bond acceptors (Lipinski definition) is 4. The Balaban J connectivity index is 1.52. The quantitative estimate of drug-likeness (QED) is 0.205. The van der Waals surface area contributed by atoms with Crippen molar-refractivity contribution in [1.29, 1.82) is 0 Å². The van der Waals surface area contributed by atoms with Crippen LogP contribution < -0.4 is 16.0 Å². The van der Waals surface area contributed by atoms with Crippen LogP contribution in [0, 0.1) is 0 Å². The predicted molar refractivity (Wildman–Crippen MR) is 164 cm³/mol. The Morgan fingerprint density at radius 3 is 2.30 bits per heavy atom. The molecule has 0 aliphatic rings. The maximum Gasteiger partial charge on any atom is 0.255 e. The van der Waals surface area contributed by atoms with Gasteiger partial charge in [0.2, 0.25) is 5.91 Å². The highest BCUT2D eigenvalue weighted by Crippen LogP contribution is 2.24. The van der Waals surface area contributed by atoms with Crippen molar-refractivity contribution < 1.29 is 14.4 Å². The van der Waals surface area contributed by atoms with E-state index in [-0.39, 0.29) is 17.4 Å². The summed E-state index contributed by atoms with van der Waals surface area (Å²) >= 11 is 3.44. The molecule has 0 aromatic heterocycles. The Morgan fingerprint density at radius 1 is 0.825 bits per heavy atom. The van der Waals surface area contributed by atoms with Crippen LogP contribution in [0.2, 0.25) is 0 Å². The molecule has 4 aromatic carbocycles. The summed E-state index contributed by atoms with van der Waals surface area (Å²) in [5.41, 5.74) is 2.01. The number of hydrogen-bond donors (Lipinski definition) is 3. The molecule has 1 unspecified atom stereocenters. The molecule has 0 heterocycles. The number of anilines is 1. The highest BCUT2D eigenvalue weighted by molar-refractivity contribution is 9.10. The van der Waals surface area contributed by atoms with Gasteiger partial charge in [0, 0.05) is 23.0 Å². The van der Waals surface area contributed by atoms with Gasteiger partial charge in [0.25, 0.3) is 11.8 Å². The average Bonchev–Trinajstić information content (AvgIpc) is 2.95. The number of nitrogens with zero attached hydrogens (tertiary/aromatic N) is 1. The van der Waals surface area contributed by atoms with Gasteiger partial charge in [-0.3, -0.25) is 14.4 Å². The minimum atomic E-state index is -0.790. The largest absolute Gasteiger partial charge is 0.354 e. The molecule has 4 rings (SSSR count). The van der Waals surface area contributed by atoms with Crippen molar-refractivity contribution in [2.45, 2.75) is 18.9 Å². The first-order valence-electron chi connectivity index (χ1n) is 13.2. The second kappa shape index (κ2) is 13.9. The molecule has 206 valence electrons. The Kier molecular flexibility index (Phi) is 10.0. The van der Waals surface area contributed by atoms with E-state index in [9.17, 15) is 14.4 Å². The molecule has 4 aromatic rings. The molecule has 1 atom stereocenters. The highest BCUT2D eigenvalue weighted by Gasteiger charge is 2.24. The summed E-state index contributed by atoms with van der Waals surface area (Å²) in [6, 6.07) is 27.1. The molecule has 0 aliphatic carbocycles. The van der Waals surface area contributed by atoms with Crippen molar-refractivity contribution in [2.24, 2.45) is 0 Å². The second-order valence-corrected chi connectivity index (χ2v) is 10.8. The van der Waals surface area contributed by atoms with Crippen molar-refractivity contribution in [3.8, 4) is 0 Å². The fourth-order valence-corrected chi connectivity index (χ4v) is 4.73. The third kappa shape index (κ3) is 8.00. The van der Waals surface area contributed by atoms with Gasteiger partial charge in [-0.15, -0.1) is 0 Å². The molecule has 3 amide bonds. The zero-order chi connectivity index (χ0) is 28.5. The van der Waals surface area contributed by atoms with Gasteiger partial charge >= 0.3 is 0 Å². The molecule has 7 nitrogen and oxygen atoms in total. The number of carbonyl (C=O) groups excluding carboxylic acids is 3. The third-order valence-corrected chi connectivity index (χ3v) is 6.97. The normalized spacial score (nSPS) is 11.7. The van der Waals surface area contributed by atoms with Crippen molar-refractivity contribution in [1.82, 2.24) is 15.5 Å². The summed E-state index contributed by atoms with van der Waals surface area (Å²) in [7, 11) is 3.96. The van der Waals surface area contributed by atoms with Crippen LogP contribution in [-0.2, 0) is 11.2 Å². The summed E-state index contributed by atoms with van der Waals surface area (Å²) in [5.74, 6) is -1.04. The molecule has 0 radical (unpaired) electrons. The minimum Gasteiger partial charge on any atom is -0.354 e. The molecule has 8 heteroatoms. The summed E-state index contributed by atoms with van der Waals surface area (Å²) in [4.78, 5) is 41.9. The van der Waals surface area contributed by atoms with E-state index in [1.54, 1.807) is 24.3 Å². The fraction of sp³-hybridized carbons (Fsp3) is 0.219. The first-order chi connectivity index (χ1) is 19.3. The van der Waals surface area contributed by atoms with Gasteiger partial charge in [0.15, 0.2) is 0 Å². The van der Waals surface area contributed by atoms with Crippen LogP contribution in [0.3, 0.4) is 0 Å². The molecule has 0 bridgehead atoms. The fourth-order valence-electron chi connectivity index (χ4n) is 4.37. The van der Waals surface area contributed by atoms with Gasteiger partial charge < -0.3 is 20.9 Å². The maximum atomic E-state index is 13.5. The van der Waals surface area contributed by atoms with Crippen molar-refractivity contribution in [2.75, 3.05) is 32.5 Å². The van der Waals surface area contributed by atoms with E-state index in [1.807, 2.05) is 80.8 Å². The SMILES string of the molecule is CN(C)CCCNC(=O)C(Cc1ccccc1)NC(=O)c1ccc(Br)cc1NC(=O)c1ccc2ccccc2c1. The lowest BCUT2D eigenvalue weighted by Crippen LogP contribution is -2.48. The maximum absolute atomic E-state index is 13.5. The molecule has 0 spiro atoms. The molecule has 0 fully saturated rings. The standard InChI is InChI=1S/C32H33BrN4O3/c1-37(2)18-8-17-34-32(40)29(19-22-9-4-3-5-10-22)36-31(39)27-16-15-26(33)21-28(27)35-30(38)25-14-13-23-11-6-7-12-24(23)20-25/h3-7,9-16,20-21,29H,8,17-19H2,1-2H3,(H,34,40)(H,35,38)(H,36,39). The number of nitrogens with one attached hydrogen (secondary N) is 3. The Labute approximate surface area is 243 Å². The Morgan fingerprint density at radius 2 is 1.55 bits per heavy atom. The van der Waals surface area contributed by atoms with Gasteiger partial charge in [0.05, 0.1) is 11.3 Å². The highest BCUT2D eigenvalue weighted by atomic mass is 79.9. The van der Waals surface area contributed by atoms with Crippen LogP contribution in [0.15, 0.2) is 95.5 Å². The first-order valence-corrected chi connectivity index (χ1v) is 14.0.